The summed E-state index contributed by atoms with van der Waals surface area (Å²) < 4.78 is 32.4. The third-order valence-electron chi connectivity index (χ3n) is 4.07. The van der Waals surface area contributed by atoms with Gasteiger partial charge in [-0.25, -0.2) is 14.4 Å². The van der Waals surface area contributed by atoms with Gasteiger partial charge in [-0.1, -0.05) is 0 Å². The lowest BCUT2D eigenvalue weighted by Gasteiger charge is -2.10. The normalized spacial score (nSPS) is 10.7. The second-order valence-corrected chi connectivity index (χ2v) is 6.01. The molecule has 0 saturated carbocycles. The van der Waals surface area contributed by atoms with Crippen LogP contribution in [0.5, 0.6) is 11.5 Å². The molecule has 0 aliphatic carbocycles. The molecule has 0 saturated heterocycles. The van der Waals surface area contributed by atoms with E-state index >= 15 is 0 Å². The summed E-state index contributed by atoms with van der Waals surface area (Å²) in [6.45, 7) is 0. The van der Waals surface area contributed by atoms with E-state index in [1.165, 1.54) is 30.6 Å². The predicted octanol–water partition coefficient (Wildman–Crippen LogP) is 5.35. The van der Waals surface area contributed by atoms with Gasteiger partial charge >= 0.3 is 5.69 Å². The Balaban J connectivity index is 1.59. The summed E-state index contributed by atoms with van der Waals surface area (Å²) >= 11 is 0. The molecule has 0 spiro atoms. The predicted molar refractivity (Wildman–Crippen MR) is 102 cm³/mol. The van der Waals surface area contributed by atoms with Gasteiger partial charge in [-0.15, -0.1) is 0 Å². The van der Waals surface area contributed by atoms with Crippen LogP contribution in [0.2, 0.25) is 0 Å². The van der Waals surface area contributed by atoms with Crippen molar-refractivity contribution in [2.75, 3.05) is 5.32 Å². The van der Waals surface area contributed by atoms with Crippen LogP contribution in [0.15, 0.2) is 67.0 Å². The molecular weight excluding hydrogens is 382 g/mol. The fourth-order valence-corrected chi connectivity index (χ4v) is 2.69. The molecule has 1 N–H and O–H groups in total. The number of halogens is 2. The number of hydrogen-bond donors (Lipinski definition) is 1. The number of nitro groups is 1. The third kappa shape index (κ3) is 3.93. The smallest absolute Gasteiger partial charge is 0.305 e. The van der Waals surface area contributed by atoms with E-state index < -0.39 is 16.4 Å². The number of nitrogens with zero attached hydrogens (tertiary/aromatic N) is 3. The first-order valence-corrected chi connectivity index (χ1v) is 8.39. The number of nitrogens with one attached hydrogen (secondary N) is 1. The van der Waals surface area contributed by atoms with Gasteiger partial charge in [-0.3, -0.25) is 10.1 Å². The van der Waals surface area contributed by atoms with E-state index in [1.54, 1.807) is 24.3 Å². The molecule has 9 heteroatoms. The van der Waals surface area contributed by atoms with Crippen LogP contribution in [0.25, 0.3) is 10.9 Å². The van der Waals surface area contributed by atoms with Crippen molar-refractivity contribution in [2.45, 2.75) is 0 Å². The summed E-state index contributed by atoms with van der Waals surface area (Å²) in [6, 6.07) is 14.5. The average Bonchev–Trinajstić information content (AvgIpc) is 2.70. The van der Waals surface area contributed by atoms with E-state index in [2.05, 4.69) is 15.3 Å². The van der Waals surface area contributed by atoms with Gasteiger partial charge in [0.1, 0.15) is 29.5 Å². The zero-order valence-corrected chi connectivity index (χ0v) is 14.7. The largest absolute Gasteiger partial charge is 0.457 e. The SMILES string of the molecule is O=[N+]([O-])c1cc2c(Nc3ccc(Oc4ccc(F)cc4)cc3)ncnc2cc1F. The maximum atomic E-state index is 13.8. The number of nitro benzene ring substituents is 1. The van der Waals surface area contributed by atoms with E-state index in [9.17, 15) is 18.9 Å². The molecule has 0 fully saturated rings. The van der Waals surface area contributed by atoms with Crippen LogP contribution >= 0.6 is 0 Å². The Kier molecular flexibility index (Phi) is 4.70. The minimum absolute atomic E-state index is 0.238. The van der Waals surface area contributed by atoms with Gasteiger partial charge in [0, 0.05) is 17.8 Å². The van der Waals surface area contributed by atoms with Crippen LogP contribution in [0.1, 0.15) is 0 Å². The maximum Gasteiger partial charge on any atom is 0.305 e. The van der Waals surface area contributed by atoms with Crippen LogP contribution in [0.4, 0.5) is 26.0 Å². The summed E-state index contributed by atoms with van der Waals surface area (Å²) in [7, 11) is 0. The fourth-order valence-electron chi connectivity index (χ4n) is 2.69. The van der Waals surface area contributed by atoms with Crippen molar-refractivity contribution >= 4 is 28.1 Å². The Morgan fingerprint density at radius 2 is 1.59 bits per heavy atom. The van der Waals surface area contributed by atoms with Crippen molar-refractivity contribution in [2.24, 2.45) is 0 Å². The van der Waals surface area contributed by atoms with Gasteiger partial charge < -0.3 is 10.1 Å². The highest BCUT2D eigenvalue weighted by molar-refractivity contribution is 5.92. The second kappa shape index (κ2) is 7.47. The maximum absolute atomic E-state index is 13.8. The van der Waals surface area contributed by atoms with Crippen molar-refractivity contribution in [1.29, 1.82) is 0 Å². The molecule has 1 aromatic heterocycles. The molecular formula is C20H12F2N4O3. The molecule has 29 heavy (non-hydrogen) atoms. The molecule has 0 atom stereocenters. The van der Waals surface area contributed by atoms with E-state index in [-0.39, 0.29) is 11.3 Å². The monoisotopic (exact) mass is 394 g/mol. The number of hydrogen-bond acceptors (Lipinski definition) is 6. The number of rotatable bonds is 5. The zero-order chi connectivity index (χ0) is 20.4. The van der Waals surface area contributed by atoms with Gasteiger partial charge in [-0.05, 0) is 48.5 Å². The topological polar surface area (TPSA) is 90.2 Å². The van der Waals surface area contributed by atoms with Gasteiger partial charge in [0.15, 0.2) is 0 Å². The van der Waals surface area contributed by atoms with Gasteiger partial charge in [0.2, 0.25) is 5.82 Å². The van der Waals surface area contributed by atoms with Crippen molar-refractivity contribution < 1.29 is 18.4 Å². The molecule has 0 bridgehead atoms. The number of benzene rings is 3. The summed E-state index contributed by atoms with van der Waals surface area (Å²) in [6.07, 6.45) is 1.24. The van der Waals surface area contributed by atoms with E-state index in [0.717, 1.165) is 12.1 Å². The van der Waals surface area contributed by atoms with Crippen molar-refractivity contribution in [3.8, 4) is 11.5 Å². The van der Waals surface area contributed by atoms with Crippen molar-refractivity contribution in [3.05, 3.63) is 88.7 Å². The summed E-state index contributed by atoms with van der Waals surface area (Å²) in [5.74, 6) is 0.00416. The third-order valence-corrected chi connectivity index (χ3v) is 4.07. The van der Waals surface area contributed by atoms with Crippen LogP contribution < -0.4 is 10.1 Å². The molecule has 0 radical (unpaired) electrons. The number of anilines is 2. The average molecular weight is 394 g/mol. The molecule has 0 amide bonds. The first-order chi connectivity index (χ1) is 14.0. The van der Waals surface area contributed by atoms with E-state index in [1.807, 2.05) is 0 Å². The molecule has 0 aliphatic heterocycles. The first kappa shape index (κ1) is 18.2. The quantitative estimate of drug-likeness (QED) is 0.362. The summed E-state index contributed by atoms with van der Waals surface area (Å²) in [5, 5.41) is 14.4. The Bertz CT molecular complexity index is 1200. The lowest BCUT2D eigenvalue weighted by Crippen LogP contribution is -1.99. The van der Waals surface area contributed by atoms with E-state index in [0.29, 0.717) is 28.4 Å². The van der Waals surface area contributed by atoms with Crippen LogP contribution in [0.3, 0.4) is 0 Å². The summed E-state index contributed by atoms with van der Waals surface area (Å²) in [5.41, 5.74) is 0.212. The highest BCUT2D eigenvalue weighted by Crippen LogP contribution is 2.30. The number of aromatic nitrogens is 2. The van der Waals surface area contributed by atoms with Crippen LogP contribution in [-0.4, -0.2) is 14.9 Å². The summed E-state index contributed by atoms with van der Waals surface area (Å²) in [4.78, 5) is 18.3. The molecule has 4 aromatic rings. The van der Waals surface area contributed by atoms with Gasteiger partial charge in [-0.2, -0.15) is 4.39 Å². The van der Waals surface area contributed by atoms with E-state index in [4.69, 9.17) is 4.74 Å². The Morgan fingerprint density at radius 3 is 2.24 bits per heavy atom. The van der Waals surface area contributed by atoms with Crippen LogP contribution in [-0.2, 0) is 0 Å². The highest BCUT2D eigenvalue weighted by Gasteiger charge is 2.17. The lowest BCUT2D eigenvalue weighted by molar-refractivity contribution is -0.387. The molecule has 144 valence electrons. The Labute approximate surface area is 162 Å². The molecule has 4 rings (SSSR count). The standard InChI is InChI=1S/C20H12F2N4O3/c21-12-1-5-14(6-2-12)29-15-7-3-13(4-8-15)25-20-16-9-19(26(27)28)17(22)10-18(16)23-11-24-20/h1-11H,(H,23,24,25). The van der Waals surface area contributed by atoms with Crippen molar-refractivity contribution in [3.63, 3.8) is 0 Å². The molecule has 1 heterocycles. The highest BCUT2D eigenvalue weighted by atomic mass is 19.1. The lowest BCUT2D eigenvalue weighted by atomic mass is 10.2. The minimum atomic E-state index is -0.963. The number of ether oxygens (including phenoxy) is 1. The molecule has 3 aromatic carbocycles. The zero-order valence-electron chi connectivity index (χ0n) is 14.7. The number of fused-ring (bicyclic) bond motifs is 1. The molecule has 0 unspecified atom stereocenters. The van der Waals surface area contributed by atoms with Gasteiger partial charge in [0.05, 0.1) is 15.8 Å². The van der Waals surface area contributed by atoms with Crippen LogP contribution in [0, 0.1) is 21.7 Å². The van der Waals surface area contributed by atoms with Crippen molar-refractivity contribution in [1.82, 2.24) is 9.97 Å². The minimum Gasteiger partial charge on any atom is -0.457 e. The second-order valence-electron chi connectivity index (χ2n) is 6.01. The fraction of sp³-hybridized carbons (Fsp3) is 0. The Hall–Kier alpha value is -4.14. The Morgan fingerprint density at radius 1 is 0.931 bits per heavy atom. The molecule has 0 aliphatic rings. The van der Waals surface area contributed by atoms with Gasteiger partial charge in [0.25, 0.3) is 0 Å². The first-order valence-electron chi connectivity index (χ1n) is 8.39. The molecule has 7 nitrogen and oxygen atoms in total.